The number of carbonyl (C=O) groups is 3. The van der Waals surface area contributed by atoms with Crippen molar-refractivity contribution < 1.29 is 29.3 Å². The second-order valence-corrected chi connectivity index (χ2v) is 8.26. The van der Waals surface area contributed by atoms with E-state index in [-0.39, 0.29) is 27.5 Å². The number of benzene rings is 2. The van der Waals surface area contributed by atoms with Crippen LogP contribution in [0.2, 0.25) is 0 Å². The van der Waals surface area contributed by atoms with Gasteiger partial charge in [0.25, 0.3) is 5.91 Å². The number of hydrogen-bond donors (Lipinski definition) is 5. The van der Waals surface area contributed by atoms with E-state index in [1.165, 1.54) is 0 Å². The Bertz CT molecular complexity index is 898. The first kappa shape index (κ1) is 35.0. The summed E-state index contributed by atoms with van der Waals surface area (Å²) in [4.78, 5) is 34.7. The van der Waals surface area contributed by atoms with Gasteiger partial charge in [-0.1, -0.05) is 39.3 Å². The van der Waals surface area contributed by atoms with E-state index in [4.69, 9.17) is 21.7 Å². The third-order valence-electron chi connectivity index (χ3n) is 3.94. The minimum Gasteiger partial charge on any atom is -0.465 e. The number of hydrogen-bond acceptors (Lipinski definition) is 8. The first-order chi connectivity index (χ1) is 15.6. The van der Waals surface area contributed by atoms with Gasteiger partial charge in [-0.25, -0.2) is 9.69 Å². The molecule has 0 aliphatic carbocycles. The minimum atomic E-state index is -0.884. The van der Waals surface area contributed by atoms with Gasteiger partial charge in [0.05, 0.1) is 25.5 Å². The molecule has 2 atom stereocenters. The lowest BCUT2D eigenvalue weighted by atomic mass is 10.2. The zero-order chi connectivity index (χ0) is 25.0. The highest BCUT2D eigenvalue weighted by atomic mass is 79.9. The number of carbonyl (C=O) groups excluding carboxylic acids is 3. The zero-order valence-electron chi connectivity index (χ0n) is 18.3. The summed E-state index contributed by atoms with van der Waals surface area (Å²) in [7, 11) is 0. The second-order valence-electron chi connectivity index (χ2n) is 6.43. The number of nitrogens with zero attached hydrogens (tertiary/aromatic N) is 1. The summed E-state index contributed by atoms with van der Waals surface area (Å²) in [5.74, 6) is -0.991. The molecule has 35 heavy (non-hydrogen) atoms. The Morgan fingerprint density at radius 1 is 1.09 bits per heavy atom. The van der Waals surface area contributed by atoms with E-state index in [2.05, 4.69) is 41.9 Å². The molecule has 0 radical (unpaired) electrons. The summed E-state index contributed by atoms with van der Waals surface area (Å²) in [5, 5.41) is 19.6. The average Bonchev–Trinajstić information content (AvgIpc) is 3.10. The number of nitrogens with one attached hydrogen (secondary N) is 1. The first-order valence-electron chi connectivity index (χ1n) is 9.69. The van der Waals surface area contributed by atoms with Gasteiger partial charge in [-0.05, 0) is 55.5 Å². The zero-order valence-corrected chi connectivity index (χ0v) is 22.5. The van der Waals surface area contributed by atoms with Gasteiger partial charge in [0.2, 0.25) is 0 Å². The van der Waals surface area contributed by atoms with E-state index in [9.17, 15) is 14.4 Å². The third-order valence-corrected chi connectivity index (χ3v) is 5.00. The van der Waals surface area contributed by atoms with Crippen molar-refractivity contribution >= 4 is 74.6 Å². The maximum absolute atomic E-state index is 11.7. The van der Waals surface area contributed by atoms with Gasteiger partial charge in [0.15, 0.2) is 0 Å². The molecule has 2 aromatic carbocycles. The molecule has 1 aliphatic rings. The topological polar surface area (TPSA) is 168 Å². The van der Waals surface area contributed by atoms with Gasteiger partial charge in [0.1, 0.15) is 12.1 Å². The number of aliphatic hydroxyl groups excluding tert-OH is 2. The number of esters is 1. The number of urea groups is 1. The summed E-state index contributed by atoms with van der Waals surface area (Å²) in [6.07, 6.45) is 0. The molecule has 0 saturated carbocycles. The average molecular weight is 640 g/mol. The van der Waals surface area contributed by atoms with E-state index in [1.54, 1.807) is 31.2 Å². The van der Waals surface area contributed by atoms with E-state index < -0.39 is 36.6 Å². The highest BCUT2D eigenvalue weighted by Gasteiger charge is 2.38. The number of imide groups is 1. The largest absolute Gasteiger partial charge is 0.465 e. The van der Waals surface area contributed by atoms with Gasteiger partial charge in [-0.2, -0.15) is 13.5 Å². The minimum absolute atomic E-state index is 0. The predicted molar refractivity (Wildman–Crippen MR) is 148 cm³/mol. The maximum Gasteiger partial charge on any atom is 0.329 e. The van der Waals surface area contributed by atoms with Gasteiger partial charge >= 0.3 is 12.0 Å². The molecule has 3 amide bonds. The smallest absolute Gasteiger partial charge is 0.329 e. The molecule has 1 heterocycles. The van der Waals surface area contributed by atoms with Crippen molar-refractivity contribution in [3.05, 3.63) is 57.5 Å². The summed E-state index contributed by atoms with van der Waals surface area (Å²) < 4.78 is 6.40. The normalized spacial score (nSPS) is 14.6. The van der Waals surface area contributed by atoms with Crippen molar-refractivity contribution in [1.29, 1.82) is 0 Å². The molecular formula is C22H32Br2N4O6S. The highest BCUT2D eigenvalue weighted by molar-refractivity contribution is 9.10. The van der Waals surface area contributed by atoms with Crippen molar-refractivity contribution in [3.63, 3.8) is 0 Å². The molecule has 10 nitrogen and oxygen atoms in total. The van der Waals surface area contributed by atoms with Gasteiger partial charge in [-0.3, -0.25) is 9.59 Å². The fraction of sp³-hybridized carbons (Fsp3) is 0.318. The van der Waals surface area contributed by atoms with E-state index >= 15 is 0 Å². The molecule has 1 unspecified atom stereocenters. The van der Waals surface area contributed by atoms with Crippen LogP contribution in [0.15, 0.2) is 57.5 Å². The highest BCUT2D eigenvalue weighted by Crippen LogP contribution is 2.21. The van der Waals surface area contributed by atoms with Crippen molar-refractivity contribution in [1.82, 2.24) is 5.32 Å². The molecule has 0 spiro atoms. The van der Waals surface area contributed by atoms with Gasteiger partial charge in [0, 0.05) is 14.6 Å². The van der Waals surface area contributed by atoms with Crippen molar-refractivity contribution in [3.8, 4) is 0 Å². The number of amides is 3. The number of ether oxygens (including phenoxy) is 1. The fourth-order valence-corrected chi connectivity index (χ4v) is 2.80. The molecule has 1 saturated heterocycles. The number of nitrogens with two attached hydrogens (primary N) is 2. The standard InChI is InChI=1S/C10H9BrN2O3.C6H6BrN.C5H11NO3.CH4.H2S/c11-6-1-3-7(4-2-6)13-9(15)8(5-14)12-10(13)16;7-5-1-3-6(8)4-2-5;1-2-9-5(8)4(6)3-7;;/h1-4,8,14H,5H2,(H,12,16);1-4H,8H2;4,7H,2-3,6H2,1H3;1H4;1H2/t;;4-;;/m..0../s1. The lowest BCUT2D eigenvalue weighted by molar-refractivity contribution is -0.145. The lowest BCUT2D eigenvalue weighted by Gasteiger charge is -2.12. The number of halogens is 2. The van der Waals surface area contributed by atoms with Crippen LogP contribution in [-0.2, 0) is 14.3 Å². The van der Waals surface area contributed by atoms with Crippen LogP contribution in [0, 0.1) is 0 Å². The van der Waals surface area contributed by atoms with E-state index in [0.717, 1.165) is 19.5 Å². The summed E-state index contributed by atoms with van der Waals surface area (Å²) in [6, 6.07) is 12.1. The van der Waals surface area contributed by atoms with E-state index in [1.807, 2.05) is 24.3 Å². The summed E-state index contributed by atoms with van der Waals surface area (Å²) >= 11 is 6.56. The van der Waals surface area contributed by atoms with Crippen LogP contribution >= 0.6 is 45.4 Å². The summed E-state index contributed by atoms with van der Waals surface area (Å²) in [6.45, 7) is 1.23. The third kappa shape index (κ3) is 11.9. The van der Waals surface area contributed by atoms with Crippen molar-refractivity contribution in [2.24, 2.45) is 5.73 Å². The van der Waals surface area contributed by atoms with Gasteiger partial charge < -0.3 is 31.7 Å². The molecular weight excluding hydrogens is 608 g/mol. The summed E-state index contributed by atoms with van der Waals surface area (Å²) in [5.41, 5.74) is 11.8. The fourth-order valence-electron chi connectivity index (χ4n) is 2.28. The van der Waals surface area contributed by atoms with Crippen LogP contribution in [0.3, 0.4) is 0 Å². The van der Waals surface area contributed by atoms with E-state index in [0.29, 0.717) is 12.3 Å². The van der Waals surface area contributed by atoms with Crippen LogP contribution in [0.25, 0.3) is 0 Å². The SMILES string of the molecule is C.CCOC(=O)[C@@H](N)CO.Nc1ccc(Br)cc1.O=C1NC(CO)C(=O)N1c1ccc(Br)cc1.S. The van der Waals surface area contributed by atoms with Crippen LogP contribution in [0.4, 0.5) is 16.2 Å². The van der Waals surface area contributed by atoms with Crippen LogP contribution in [-0.4, -0.2) is 60.0 Å². The molecule has 1 aliphatic heterocycles. The molecule has 7 N–H and O–H groups in total. The monoisotopic (exact) mass is 638 g/mol. The number of anilines is 2. The van der Waals surface area contributed by atoms with Crippen LogP contribution in [0.5, 0.6) is 0 Å². The Balaban J connectivity index is 0. The maximum atomic E-state index is 11.7. The quantitative estimate of drug-likeness (QED) is 0.189. The van der Waals surface area contributed by atoms with Gasteiger partial charge in [-0.15, -0.1) is 0 Å². The van der Waals surface area contributed by atoms with Crippen molar-refractivity contribution in [2.75, 3.05) is 30.5 Å². The predicted octanol–water partition coefficient (Wildman–Crippen LogP) is 2.52. The van der Waals surface area contributed by atoms with Crippen LogP contribution in [0.1, 0.15) is 14.4 Å². The molecule has 0 bridgehead atoms. The first-order valence-corrected chi connectivity index (χ1v) is 11.3. The molecule has 2 aromatic rings. The Labute approximate surface area is 228 Å². The van der Waals surface area contributed by atoms with Crippen LogP contribution < -0.4 is 21.7 Å². The number of rotatable bonds is 5. The Morgan fingerprint density at radius 2 is 1.57 bits per heavy atom. The number of aliphatic hydroxyl groups is 2. The number of nitrogen functional groups attached to an aromatic ring is 1. The lowest BCUT2D eigenvalue weighted by Crippen LogP contribution is -2.35. The molecule has 0 aromatic heterocycles. The molecule has 13 heteroatoms. The van der Waals surface area contributed by atoms with Crippen molar-refractivity contribution in [2.45, 2.75) is 26.4 Å². The molecule has 3 rings (SSSR count). The molecule has 1 fully saturated rings. The molecule has 196 valence electrons. The Morgan fingerprint density at radius 3 is 1.94 bits per heavy atom. The second kappa shape index (κ2) is 18.2. The Kier molecular flexibility index (Phi) is 18.2. The Hall–Kier alpha value is -2.16.